The van der Waals surface area contributed by atoms with E-state index in [-0.39, 0.29) is 29.3 Å². The Morgan fingerprint density at radius 1 is 1.25 bits per heavy atom. The lowest BCUT2D eigenvalue weighted by Crippen LogP contribution is -2.59. The average molecular weight is 444 g/mol. The van der Waals surface area contributed by atoms with Crippen LogP contribution in [0.1, 0.15) is 44.2 Å². The van der Waals surface area contributed by atoms with Crippen molar-refractivity contribution in [2.45, 2.75) is 57.6 Å². The maximum atomic E-state index is 12.7. The minimum Gasteiger partial charge on any atom is -0.487 e. The van der Waals surface area contributed by atoms with Crippen LogP contribution in [0.2, 0.25) is 0 Å². The van der Waals surface area contributed by atoms with Crippen LogP contribution in [0, 0.1) is 6.92 Å². The van der Waals surface area contributed by atoms with Gasteiger partial charge in [0.25, 0.3) is 0 Å². The van der Waals surface area contributed by atoms with Crippen LogP contribution in [-0.4, -0.2) is 79.1 Å². The highest BCUT2D eigenvalue weighted by atomic mass is 16.6. The maximum Gasteiger partial charge on any atom is 0.409 e. The number of carbonyl (C=O) groups excluding carboxylic acids is 3. The molecule has 8 heteroatoms. The molecule has 1 saturated heterocycles. The normalized spacial score (nSPS) is 27.3. The van der Waals surface area contributed by atoms with Crippen LogP contribution < -0.4 is 10.1 Å². The third kappa shape index (κ3) is 4.33. The highest BCUT2D eigenvalue weighted by Crippen LogP contribution is 2.49. The zero-order valence-corrected chi connectivity index (χ0v) is 19.2. The summed E-state index contributed by atoms with van der Waals surface area (Å²) in [5.41, 5.74) is 2.01. The molecule has 1 aromatic rings. The lowest BCUT2D eigenvalue weighted by molar-refractivity contribution is -0.133. The van der Waals surface area contributed by atoms with E-state index in [1.54, 1.807) is 11.8 Å². The van der Waals surface area contributed by atoms with Crippen molar-refractivity contribution in [2.75, 3.05) is 39.3 Å². The molecular formula is C24H33N3O5. The Labute approximate surface area is 189 Å². The fraction of sp³-hybridized carbons (Fsp3) is 0.625. The lowest BCUT2D eigenvalue weighted by atomic mass is 9.67. The number of piperazine rings is 1. The van der Waals surface area contributed by atoms with Crippen molar-refractivity contribution in [3.63, 3.8) is 0 Å². The fourth-order valence-corrected chi connectivity index (χ4v) is 5.06. The van der Waals surface area contributed by atoms with Gasteiger partial charge in [0.15, 0.2) is 5.78 Å². The Hall–Kier alpha value is -2.61. The first-order valence-electron chi connectivity index (χ1n) is 11.6. The molecule has 4 rings (SSSR count). The Morgan fingerprint density at radius 3 is 2.72 bits per heavy atom. The molecule has 0 radical (unpaired) electrons. The molecule has 0 bridgehead atoms. The van der Waals surface area contributed by atoms with E-state index in [1.165, 1.54) is 0 Å². The van der Waals surface area contributed by atoms with E-state index >= 15 is 0 Å². The van der Waals surface area contributed by atoms with Gasteiger partial charge in [0.1, 0.15) is 17.9 Å². The van der Waals surface area contributed by atoms with Crippen molar-refractivity contribution in [1.82, 2.24) is 15.1 Å². The quantitative estimate of drug-likeness (QED) is 0.749. The molecule has 32 heavy (non-hydrogen) atoms. The summed E-state index contributed by atoms with van der Waals surface area (Å²) in [4.78, 5) is 41.2. The van der Waals surface area contributed by atoms with E-state index in [0.29, 0.717) is 52.2 Å². The number of hydrogen-bond donors (Lipinski definition) is 1. The van der Waals surface area contributed by atoms with Crippen molar-refractivity contribution < 1.29 is 23.9 Å². The van der Waals surface area contributed by atoms with Gasteiger partial charge in [-0.1, -0.05) is 24.6 Å². The number of benzene rings is 1. The minimum absolute atomic E-state index is 0.0356. The number of amides is 2. The van der Waals surface area contributed by atoms with Gasteiger partial charge in [-0.3, -0.25) is 14.5 Å². The predicted molar refractivity (Wildman–Crippen MR) is 119 cm³/mol. The summed E-state index contributed by atoms with van der Waals surface area (Å²) in [5, 5.41) is 2.97. The van der Waals surface area contributed by atoms with Gasteiger partial charge in [-0.05, 0) is 26.3 Å². The molecule has 1 aliphatic carbocycles. The standard InChI is InChI=1S/C24H33N3O5/c1-4-31-23(30)27-13-11-26(12-14-27)10-8-20(29)25-21-18(28)7-9-24(3)17-15-16(2)5-6-19(17)32-22(21)24/h5-6,15,21-22H,4,7-14H2,1-3H3,(H,25,29)/t21-,22-,24-/m1/s1. The second-order valence-electron chi connectivity index (χ2n) is 9.24. The first kappa shape index (κ1) is 22.6. The number of Topliss-reactive ketones (excluding diaryl/α,β-unsaturated/α-hetero) is 1. The number of ketones is 1. The van der Waals surface area contributed by atoms with E-state index < -0.39 is 6.04 Å². The van der Waals surface area contributed by atoms with Crippen LogP contribution in [0.4, 0.5) is 4.79 Å². The third-order valence-electron chi connectivity index (χ3n) is 7.04. The Morgan fingerprint density at radius 2 is 2.00 bits per heavy atom. The summed E-state index contributed by atoms with van der Waals surface area (Å²) in [6.07, 6.45) is 0.807. The SMILES string of the molecule is CCOC(=O)N1CCN(CCC(=O)N[C@@H]2C(=O)CC[C@]3(C)c4cc(C)ccc4O[C@H]23)CC1. The van der Waals surface area contributed by atoms with E-state index in [4.69, 9.17) is 9.47 Å². The van der Waals surface area contributed by atoms with Crippen molar-refractivity contribution >= 4 is 17.8 Å². The number of ether oxygens (including phenoxy) is 2. The van der Waals surface area contributed by atoms with Crippen molar-refractivity contribution in [1.29, 1.82) is 0 Å². The summed E-state index contributed by atoms with van der Waals surface area (Å²) in [6, 6.07) is 5.49. The van der Waals surface area contributed by atoms with Crippen LogP contribution in [0.5, 0.6) is 5.75 Å². The van der Waals surface area contributed by atoms with Crippen molar-refractivity contribution in [2.24, 2.45) is 0 Å². The molecule has 0 aromatic heterocycles. The molecule has 2 aliphatic heterocycles. The van der Waals surface area contributed by atoms with Crippen LogP contribution in [0.15, 0.2) is 18.2 Å². The number of nitrogens with one attached hydrogen (secondary N) is 1. The largest absolute Gasteiger partial charge is 0.487 e. The van der Waals surface area contributed by atoms with Gasteiger partial charge in [-0.15, -0.1) is 0 Å². The first-order chi connectivity index (χ1) is 15.3. The molecule has 3 atom stereocenters. The zero-order valence-electron chi connectivity index (χ0n) is 19.2. The number of hydrogen-bond acceptors (Lipinski definition) is 6. The van der Waals surface area contributed by atoms with Crippen LogP contribution in [0.25, 0.3) is 0 Å². The van der Waals surface area contributed by atoms with Gasteiger partial charge >= 0.3 is 6.09 Å². The smallest absolute Gasteiger partial charge is 0.409 e. The molecule has 2 heterocycles. The third-order valence-corrected chi connectivity index (χ3v) is 7.04. The Kier molecular flexibility index (Phi) is 6.42. The summed E-state index contributed by atoms with van der Waals surface area (Å²) >= 11 is 0. The molecule has 0 unspecified atom stereocenters. The van der Waals surface area contributed by atoms with Crippen LogP contribution >= 0.6 is 0 Å². The highest BCUT2D eigenvalue weighted by molar-refractivity contribution is 5.91. The average Bonchev–Trinajstić information content (AvgIpc) is 3.07. The summed E-state index contributed by atoms with van der Waals surface area (Å²) in [5.74, 6) is 0.709. The van der Waals surface area contributed by atoms with E-state index in [2.05, 4.69) is 30.1 Å². The number of nitrogens with zero attached hydrogens (tertiary/aromatic N) is 2. The zero-order chi connectivity index (χ0) is 22.9. The Balaban J connectivity index is 1.32. The maximum absolute atomic E-state index is 12.7. The summed E-state index contributed by atoms with van der Waals surface area (Å²) in [7, 11) is 0. The number of carbonyl (C=O) groups is 3. The molecule has 2 amide bonds. The first-order valence-corrected chi connectivity index (χ1v) is 11.6. The fourth-order valence-electron chi connectivity index (χ4n) is 5.06. The number of fused-ring (bicyclic) bond motifs is 3. The molecule has 1 N–H and O–H groups in total. The minimum atomic E-state index is -0.630. The van der Waals surface area contributed by atoms with E-state index in [1.807, 2.05) is 12.1 Å². The highest BCUT2D eigenvalue weighted by Gasteiger charge is 2.54. The van der Waals surface area contributed by atoms with Crippen molar-refractivity contribution in [3.05, 3.63) is 29.3 Å². The molecule has 0 spiro atoms. The van der Waals surface area contributed by atoms with Crippen LogP contribution in [-0.2, 0) is 19.7 Å². The predicted octanol–water partition coefficient (Wildman–Crippen LogP) is 2.03. The molecule has 174 valence electrons. The molecular weight excluding hydrogens is 410 g/mol. The Bertz CT molecular complexity index is 896. The van der Waals surface area contributed by atoms with Crippen LogP contribution in [0.3, 0.4) is 0 Å². The van der Waals surface area contributed by atoms with Gasteiger partial charge < -0.3 is 19.7 Å². The van der Waals surface area contributed by atoms with Gasteiger partial charge in [-0.2, -0.15) is 0 Å². The lowest BCUT2D eigenvalue weighted by Gasteiger charge is -2.39. The van der Waals surface area contributed by atoms with Gasteiger partial charge in [-0.25, -0.2) is 4.79 Å². The van der Waals surface area contributed by atoms with E-state index in [0.717, 1.165) is 23.3 Å². The van der Waals surface area contributed by atoms with Gasteiger partial charge in [0.2, 0.25) is 5.91 Å². The molecule has 2 fully saturated rings. The van der Waals surface area contributed by atoms with Crippen molar-refractivity contribution in [3.8, 4) is 5.75 Å². The second kappa shape index (κ2) is 9.10. The molecule has 3 aliphatic rings. The second-order valence-corrected chi connectivity index (χ2v) is 9.24. The summed E-state index contributed by atoms with van der Waals surface area (Å²) < 4.78 is 11.2. The molecule has 8 nitrogen and oxygen atoms in total. The topological polar surface area (TPSA) is 88.2 Å². The van der Waals surface area contributed by atoms with E-state index in [9.17, 15) is 14.4 Å². The number of rotatable bonds is 5. The van der Waals surface area contributed by atoms with Gasteiger partial charge in [0.05, 0.1) is 6.61 Å². The molecule has 1 saturated carbocycles. The molecule has 1 aromatic carbocycles. The summed E-state index contributed by atoms with van der Waals surface area (Å²) in [6.45, 7) is 9.52. The van der Waals surface area contributed by atoms with Gasteiger partial charge in [0, 0.05) is 56.5 Å². The number of aryl methyl sites for hydroxylation is 1. The monoisotopic (exact) mass is 443 g/mol.